The number of aromatic nitrogens is 1. The van der Waals surface area contributed by atoms with Gasteiger partial charge in [0.2, 0.25) is 5.91 Å². The van der Waals surface area contributed by atoms with Crippen molar-refractivity contribution in [2.45, 2.75) is 26.0 Å². The van der Waals surface area contributed by atoms with Crippen LogP contribution in [0, 0.1) is 20.8 Å². The highest BCUT2D eigenvalue weighted by atomic mass is 32.2. The number of nitrogens with one attached hydrogen (secondary N) is 1. The summed E-state index contributed by atoms with van der Waals surface area (Å²) in [5, 5.41) is 3.35. The minimum absolute atomic E-state index is 0.127. The molecule has 0 spiro atoms. The lowest BCUT2D eigenvalue weighted by Crippen LogP contribution is -2.14. The highest BCUT2D eigenvalue weighted by Gasteiger charge is 2.11. The largest absolute Gasteiger partial charge is 0.495 e. The molecule has 6 heteroatoms. The topological polar surface area (TPSA) is 64.4 Å². The summed E-state index contributed by atoms with van der Waals surface area (Å²) in [5.74, 6) is 1.52. The van der Waals surface area contributed by atoms with Gasteiger partial charge < -0.3 is 14.5 Å². The molecular weight excluding hydrogens is 288 g/mol. The second kappa shape index (κ2) is 6.67. The summed E-state index contributed by atoms with van der Waals surface area (Å²) in [6, 6.07) is 5.64. The Morgan fingerprint density at radius 1 is 1.38 bits per heavy atom. The Morgan fingerprint density at radius 2 is 2.14 bits per heavy atom. The van der Waals surface area contributed by atoms with E-state index in [9.17, 15) is 4.79 Å². The van der Waals surface area contributed by atoms with Gasteiger partial charge in [-0.1, -0.05) is 17.8 Å². The van der Waals surface area contributed by atoms with Crippen LogP contribution in [0.4, 0.5) is 5.69 Å². The van der Waals surface area contributed by atoms with Gasteiger partial charge in [-0.2, -0.15) is 0 Å². The average molecular weight is 306 g/mol. The van der Waals surface area contributed by atoms with Crippen molar-refractivity contribution >= 4 is 23.4 Å². The number of hydrogen-bond acceptors (Lipinski definition) is 5. The molecule has 0 radical (unpaired) electrons. The Balaban J connectivity index is 1.97. The Bertz CT molecular complexity index is 633. The molecule has 1 amide bonds. The minimum Gasteiger partial charge on any atom is -0.495 e. The monoisotopic (exact) mass is 306 g/mol. The second-order valence-electron chi connectivity index (χ2n) is 4.66. The van der Waals surface area contributed by atoms with Gasteiger partial charge in [0.15, 0.2) is 0 Å². The summed E-state index contributed by atoms with van der Waals surface area (Å²) in [6.45, 7) is 5.69. The Labute approximate surface area is 128 Å². The van der Waals surface area contributed by atoms with Crippen LogP contribution in [0.2, 0.25) is 0 Å². The molecule has 1 heterocycles. The molecule has 0 fully saturated rings. The molecule has 0 saturated carbocycles. The van der Waals surface area contributed by atoms with E-state index >= 15 is 0 Å². The van der Waals surface area contributed by atoms with Gasteiger partial charge in [0.05, 0.1) is 24.2 Å². The van der Waals surface area contributed by atoms with Crippen LogP contribution in [0.3, 0.4) is 0 Å². The maximum Gasteiger partial charge on any atom is 0.256 e. The summed E-state index contributed by atoms with van der Waals surface area (Å²) in [6.07, 6.45) is 0. The number of carbonyl (C=O) groups is 1. The van der Waals surface area contributed by atoms with E-state index in [1.807, 2.05) is 39.0 Å². The summed E-state index contributed by atoms with van der Waals surface area (Å²) < 4.78 is 10.7. The number of rotatable bonds is 5. The van der Waals surface area contributed by atoms with E-state index in [4.69, 9.17) is 9.15 Å². The zero-order valence-electron chi connectivity index (χ0n) is 12.5. The lowest BCUT2D eigenvalue weighted by atomic mass is 10.2. The van der Waals surface area contributed by atoms with Gasteiger partial charge in [-0.15, -0.1) is 0 Å². The predicted molar refractivity (Wildman–Crippen MR) is 83.1 cm³/mol. The Kier molecular flexibility index (Phi) is 4.90. The predicted octanol–water partition coefficient (Wildman–Crippen LogP) is 3.34. The van der Waals surface area contributed by atoms with Crippen LogP contribution >= 0.6 is 11.8 Å². The number of anilines is 1. The van der Waals surface area contributed by atoms with Gasteiger partial charge in [0, 0.05) is 0 Å². The van der Waals surface area contributed by atoms with Crippen LogP contribution < -0.4 is 10.1 Å². The Morgan fingerprint density at radius 3 is 2.76 bits per heavy atom. The highest BCUT2D eigenvalue weighted by Crippen LogP contribution is 2.26. The first-order valence-corrected chi connectivity index (χ1v) is 7.49. The second-order valence-corrected chi connectivity index (χ2v) is 5.59. The molecule has 0 aliphatic carbocycles. The molecule has 2 aromatic rings. The van der Waals surface area contributed by atoms with Gasteiger partial charge in [0.1, 0.15) is 11.5 Å². The van der Waals surface area contributed by atoms with Crippen molar-refractivity contribution in [2.75, 3.05) is 18.2 Å². The molecule has 0 saturated heterocycles. The van der Waals surface area contributed by atoms with Gasteiger partial charge in [-0.3, -0.25) is 4.79 Å². The zero-order chi connectivity index (χ0) is 15.4. The molecule has 0 aliphatic rings. The molecule has 2 rings (SSSR count). The van der Waals surface area contributed by atoms with E-state index in [-0.39, 0.29) is 11.7 Å². The molecule has 112 valence electrons. The van der Waals surface area contributed by atoms with Crippen molar-refractivity contribution in [3.63, 3.8) is 0 Å². The quantitative estimate of drug-likeness (QED) is 0.858. The minimum atomic E-state index is -0.127. The summed E-state index contributed by atoms with van der Waals surface area (Å²) in [4.78, 5) is 16.2. The number of carbonyl (C=O) groups excluding carboxylic acids is 1. The number of ether oxygens (including phenoxy) is 1. The number of methoxy groups -OCH3 is 1. The first kappa shape index (κ1) is 15.4. The van der Waals surface area contributed by atoms with Crippen LogP contribution in [0.5, 0.6) is 5.75 Å². The molecule has 1 N–H and O–H groups in total. The lowest BCUT2D eigenvalue weighted by molar-refractivity contribution is -0.113. The molecule has 0 aliphatic heterocycles. The van der Waals surface area contributed by atoms with Crippen molar-refractivity contribution in [3.8, 4) is 5.75 Å². The normalized spacial score (nSPS) is 10.5. The maximum atomic E-state index is 12.0. The summed E-state index contributed by atoms with van der Waals surface area (Å²) >= 11 is 1.27. The van der Waals surface area contributed by atoms with Crippen LogP contribution in [0.15, 0.2) is 27.8 Å². The number of thioether (sulfide) groups is 1. The number of benzene rings is 1. The van der Waals surface area contributed by atoms with Crippen LogP contribution in [-0.2, 0) is 4.79 Å². The fourth-order valence-corrected chi connectivity index (χ4v) is 2.45. The third kappa shape index (κ3) is 4.01. The zero-order valence-corrected chi connectivity index (χ0v) is 13.3. The smallest absolute Gasteiger partial charge is 0.256 e. The van der Waals surface area contributed by atoms with Crippen molar-refractivity contribution in [1.82, 2.24) is 4.98 Å². The third-order valence-corrected chi connectivity index (χ3v) is 3.79. The first-order valence-electron chi connectivity index (χ1n) is 6.51. The molecule has 21 heavy (non-hydrogen) atoms. The number of aryl methyl sites for hydroxylation is 3. The fourth-order valence-electron chi connectivity index (χ4n) is 1.74. The number of amides is 1. The van der Waals surface area contributed by atoms with E-state index < -0.39 is 0 Å². The van der Waals surface area contributed by atoms with Crippen molar-refractivity contribution < 1.29 is 13.9 Å². The molecule has 5 nitrogen and oxygen atoms in total. The summed E-state index contributed by atoms with van der Waals surface area (Å²) in [5.41, 5.74) is 2.57. The average Bonchev–Trinajstić information content (AvgIpc) is 2.76. The first-order chi connectivity index (χ1) is 9.99. The lowest BCUT2D eigenvalue weighted by Gasteiger charge is -2.10. The number of oxazole rings is 1. The SMILES string of the molecule is COc1ccc(C)cc1NC(=O)CSc1nc(C)c(C)o1. The van der Waals surface area contributed by atoms with E-state index in [0.29, 0.717) is 16.7 Å². The molecule has 0 bridgehead atoms. The molecule has 1 aromatic heterocycles. The maximum absolute atomic E-state index is 12.0. The molecule has 0 atom stereocenters. The third-order valence-electron chi connectivity index (χ3n) is 2.96. The standard InChI is InChI=1S/C15H18N2O3S/c1-9-5-6-13(19-4)12(7-9)17-14(18)8-21-15-16-10(2)11(3)20-15/h5-7H,8H2,1-4H3,(H,17,18). The van der Waals surface area contributed by atoms with Gasteiger partial charge in [0.25, 0.3) is 5.22 Å². The van der Waals surface area contributed by atoms with Gasteiger partial charge in [-0.25, -0.2) is 4.98 Å². The van der Waals surface area contributed by atoms with Crippen molar-refractivity contribution in [2.24, 2.45) is 0 Å². The highest BCUT2D eigenvalue weighted by molar-refractivity contribution is 7.99. The molecule has 0 unspecified atom stereocenters. The van der Waals surface area contributed by atoms with Crippen LogP contribution in [-0.4, -0.2) is 23.8 Å². The number of nitrogens with zero attached hydrogens (tertiary/aromatic N) is 1. The van der Waals surface area contributed by atoms with Crippen molar-refractivity contribution in [1.29, 1.82) is 0 Å². The van der Waals surface area contributed by atoms with E-state index in [0.717, 1.165) is 17.0 Å². The van der Waals surface area contributed by atoms with E-state index in [1.165, 1.54) is 11.8 Å². The summed E-state index contributed by atoms with van der Waals surface area (Å²) in [7, 11) is 1.58. The fraction of sp³-hybridized carbons (Fsp3) is 0.333. The molecule has 1 aromatic carbocycles. The van der Waals surface area contributed by atoms with Crippen LogP contribution in [0.25, 0.3) is 0 Å². The van der Waals surface area contributed by atoms with E-state index in [2.05, 4.69) is 10.3 Å². The number of hydrogen-bond donors (Lipinski definition) is 1. The van der Waals surface area contributed by atoms with Gasteiger partial charge in [-0.05, 0) is 38.5 Å². The van der Waals surface area contributed by atoms with Crippen molar-refractivity contribution in [3.05, 3.63) is 35.2 Å². The Hall–Kier alpha value is -1.95. The molecular formula is C15H18N2O3S. The van der Waals surface area contributed by atoms with Crippen LogP contribution in [0.1, 0.15) is 17.0 Å². The van der Waals surface area contributed by atoms with Gasteiger partial charge >= 0.3 is 0 Å². The van der Waals surface area contributed by atoms with E-state index in [1.54, 1.807) is 7.11 Å².